The van der Waals surface area contributed by atoms with Crippen molar-refractivity contribution in [3.63, 3.8) is 0 Å². The number of furan rings is 1. The fraction of sp³-hybridized carbons (Fsp3) is 0.375. The van der Waals surface area contributed by atoms with E-state index in [1.54, 1.807) is 5.19 Å². The van der Waals surface area contributed by atoms with Gasteiger partial charge in [-0.1, -0.05) is 136 Å². The van der Waals surface area contributed by atoms with Crippen LogP contribution in [0.2, 0.25) is 19.6 Å². The van der Waals surface area contributed by atoms with Gasteiger partial charge in [-0.25, -0.2) is 9.55 Å². The van der Waals surface area contributed by atoms with Gasteiger partial charge >= 0.3 is 0 Å². The molecule has 3 aromatic carbocycles. The molecule has 8 rings (SSSR count). The Kier molecular flexibility index (Phi) is 11.1. The van der Waals surface area contributed by atoms with Crippen LogP contribution in [0.1, 0.15) is 102 Å². The van der Waals surface area contributed by atoms with E-state index in [-0.39, 0.29) is 22.8 Å². The lowest BCUT2D eigenvalue weighted by molar-refractivity contribution is -0.706. The van der Waals surface area contributed by atoms with Crippen LogP contribution >= 0.6 is 0 Å². The Morgan fingerprint density at radius 3 is 2.25 bits per heavy atom. The summed E-state index contributed by atoms with van der Waals surface area (Å²) in [5, 5.41) is 3.71. The van der Waals surface area contributed by atoms with Gasteiger partial charge in [-0.2, -0.15) is 4.57 Å². The topological polar surface area (TPSA) is 33.8 Å². The first-order chi connectivity index (χ1) is 28.8. The molecule has 5 heteroatoms. The van der Waals surface area contributed by atoms with Gasteiger partial charge in [0.05, 0.1) is 30.8 Å². The molecule has 1 aliphatic rings. The number of hydrogen-bond acceptors (Lipinski definition) is 2. The number of pyridine rings is 3. The fourth-order valence-corrected chi connectivity index (χ4v) is 11.5. The van der Waals surface area contributed by atoms with E-state index in [1.165, 1.54) is 50.3 Å². The molecule has 0 aliphatic carbocycles. The molecule has 5 heterocycles. The Balaban J connectivity index is 1.30. The first-order valence-corrected chi connectivity index (χ1v) is 26.1. The number of hydrogen-bond donors (Lipinski definition) is 0. The molecule has 1 aliphatic heterocycles. The third kappa shape index (κ3) is 8.43. The second-order valence-corrected chi connectivity index (χ2v) is 26.6. The van der Waals surface area contributed by atoms with Crippen LogP contribution < -0.4 is 14.3 Å². The predicted molar refractivity (Wildman–Crippen MR) is 259 cm³/mol. The minimum Gasteiger partial charge on any atom is -0.437 e. The largest absolute Gasteiger partial charge is 0.437 e. The number of fused-ring (bicyclic) bond motifs is 6. The van der Waals surface area contributed by atoms with Crippen LogP contribution in [0.4, 0.5) is 0 Å². The zero-order valence-corrected chi connectivity index (χ0v) is 39.9. The van der Waals surface area contributed by atoms with Crippen molar-refractivity contribution in [3.05, 3.63) is 144 Å². The second kappa shape index (κ2) is 16.0. The molecule has 0 bridgehead atoms. The highest BCUT2D eigenvalue weighted by Gasteiger charge is 2.41. The molecule has 2 unspecified atom stereocenters. The van der Waals surface area contributed by atoms with Gasteiger partial charge in [-0.15, -0.1) is 0 Å². The van der Waals surface area contributed by atoms with E-state index in [9.17, 15) is 0 Å². The molecule has 0 spiro atoms. The average molecular weight is 826 g/mol. The van der Waals surface area contributed by atoms with E-state index in [1.807, 2.05) is 6.07 Å². The van der Waals surface area contributed by atoms with E-state index in [4.69, 9.17) is 9.40 Å². The Morgan fingerprint density at radius 2 is 1.57 bits per heavy atom. The first-order valence-electron chi connectivity index (χ1n) is 22.6. The summed E-state index contributed by atoms with van der Waals surface area (Å²) in [5.41, 5.74) is 15.8. The van der Waals surface area contributed by atoms with Crippen molar-refractivity contribution in [2.75, 3.05) is 0 Å². The molecular formula is C56H67N3OSi+2. The standard InChI is InChI=1S/C56H67N3OSi/c1-14-48-43(42-25-22-41(56(7,8)9)33-46(42)49-32-40(34-55(4,5)6)51(35-59(48)49)61(11,12)13)23-20-39-21-24-44-45-26-27-47(38-18-16-15-17-19-38)57-54(45)60-53(44)52(39)50-31-37(30-36(2)3)28-29-58(50)10/h14-19,21-22,24-29,31-33,35-36,43,48H,1,20,23,30,34H2,2-13H3/q+2. The van der Waals surface area contributed by atoms with Crippen molar-refractivity contribution in [1.29, 1.82) is 0 Å². The summed E-state index contributed by atoms with van der Waals surface area (Å²) in [4.78, 5) is 5.10. The summed E-state index contributed by atoms with van der Waals surface area (Å²) in [6.45, 7) is 30.8. The van der Waals surface area contributed by atoms with Gasteiger partial charge in [0.25, 0.3) is 0 Å². The molecule has 0 N–H and O–H groups in total. The molecule has 314 valence electrons. The van der Waals surface area contributed by atoms with E-state index in [2.05, 4.69) is 201 Å². The first kappa shape index (κ1) is 42.6. The van der Waals surface area contributed by atoms with Crippen molar-refractivity contribution in [2.24, 2.45) is 18.4 Å². The molecule has 2 atom stereocenters. The third-order valence-corrected chi connectivity index (χ3v) is 14.9. The Morgan fingerprint density at radius 1 is 0.836 bits per heavy atom. The quantitative estimate of drug-likeness (QED) is 0.0782. The third-order valence-electron chi connectivity index (χ3n) is 12.8. The van der Waals surface area contributed by atoms with Gasteiger partial charge in [-0.05, 0) is 94.5 Å². The highest BCUT2D eigenvalue weighted by molar-refractivity contribution is 6.89. The molecule has 4 aromatic heterocycles. The number of rotatable bonds is 10. The van der Waals surface area contributed by atoms with E-state index < -0.39 is 8.07 Å². The van der Waals surface area contributed by atoms with Crippen LogP contribution in [0.3, 0.4) is 0 Å². The molecule has 7 aromatic rings. The van der Waals surface area contributed by atoms with Gasteiger partial charge in [0.1, 0.15) is 7.05 Å². The van der Waals surface area contributed by atoms with Crippen LogP contribution in [0.5, 0.6) is 0 Å². The number of allylic oxidation sites excluding steroid dienone is 1. The summed E-state index contributed by atoms with van der Waals surface area (Å²) in [6.07, 6.45) is 10.9. The molecule has 0 fully saturated rings. The lowest BCUT2D eigenvalue weighted by Gasteiger charge is -2.33. The summed E-state index contributed by atoms with van der Waals surface area (Å²) in [7, 11) is 0.461. The van der Waals surface area contributed by atoms with Gasteiger partial charge in [0.15, 0.2) is 24.0 Å². The maximum atomic E-state index is 6.95. The number of aryl methyl sites for hydroxylation is 2. The van der Waals surface area contributed by atoms with Crippen molar-refractivity contribution in [2.45, 2.75) is 118 Å². The molecule has 0 radical (unpaired) electrons. The maximum absolute atomic E-state index is 6.95. The lowest BCUT2D eigenvalue weighted by Crippen LogP contribution is -2.53. The van der Waals surface area contributed by atoms with Crippen molar-refractivity contribution >= 4 is 35.3 Å². The number of aromatic nitrogens is 3. The monoisotopic (exact) mass is 826 g/mol. The van der Waals surface area contributed by atoms with Crippen molar-refractivity contribution < 1.29 is 13.6 Å². The minimum absolute atomic E-state index is 0.0321. The van der Waals surface area contributed by atoms with Gasteiger partial charge in [0.2, 0.25) is 17.1 Å². The molecule has 0 saturated carbocycles. The number of nitrogens with zero attached hydrogens (tertiary/aromatic N) is 3. The van der Waals surface area contributed by atoms with Crippen LogP contribution in [0.15, 0.2) is 120 Å². The zero-order chi connectivity index (χ0) is 43.6. The fourth-order valence-electron chi connectivity index (χ4n) is 9.81. The van der Waals surface area contributed by atoms with Gasteiger partial charge in [-0.3, -0.25) is 0 Å². The molecule has 0 saturated heterocycles. The van der Waals surface area contributed by atoms with Crippen LogP contribution in [0, 0.1) is 11.3 Å². The number of benzene rings is 3. The van der Waals surface area contributed by atoms with E-state index in [0.717, 1.165) is 53.3 Å². The van der Waals surface area contributed by atoms with Crippen LogP contribution in [-0.4, -0.2) is 13.1 Å². The summed E-state index contributed by atoms with van der Waals surface area (Å²) < 4.78 is 11.8. The summed E-state index contributed by atoms with van der Waals surface area (Å²) >= 11 is 0. The van der Waals surface area contributed by atoms with Crippen molar-refractivity contribution in [3.8, 4) is 33.8 Å². The van der Waals surface area contributed by atoms with Gasteiger partial charge < -0.3 is 4.42 Å². The predicted octanol–water partition coefficient (Wildman–Crippen LogP) is 13.2. The molecule has 4 nitrogen and oxygen atoms in total. The highest BCUT2D eigenvalue weighted by atomic mass is 28.3. The van der Waals surface area contributed by atoms with E-state index in [0.29, 0.717) is 11.6 Å². The van der Waals surface area contributed by atoms with E-state index >= 15 is 0 Å². The summed E-state index contributed by atoms with van der Waals surface area (Å²) in [6, 6.07) is 34.0. The molecule has 0 amide bonds. The smallest absolute Gasteiger partial charge is 0.227 e. The SMILES string of the molecule is C=CC1C(CCc2ccc3c(oc4nc(-c5ccccc5)ccc43)c2-c2cc(CC(C)C)cc[n+]2C)c2ccc(C(C)(C)C)cc2-c2cc(CC(C)(C)C)c([Si](C)(C)C)c[n+]21. The van der Waals surface area contributed by atoms with Gasteiger partial charge in [0, 0.05) is 39.7 Å². The molecule has 61 heavy (non-hydrogen) atoms. The highest BCUT2D eigenvalue weighted by Crippen LogP contribution is 2.45. The lowest BCUT2D eigenvalue weighted by atomic mass is 9.76. The maximum Gasteiger partial charge on any atom is 0.227 e. The second-order valence-electron chi connectivity index (χ2n) is 21.5. The Hall–Kier alpha value is -5.13. The normalized spacial score (nSPS) is 15.7. The average Bonchev–Trinajstić information content (AvgIpc) is 3.57. The Labute approximate surface area is 366 Å². The summed E-state index contributed by atoms with van der Waals surface area (Å²) in [5.74, 6) is 0.785. The minimum atomic E-state index is -1.71. The van der Waals surface area contributed by atoms with Crippen molar-refractivity contribution in [1.82, 2.24) is 4.98 Å². The Bertz CT molecular complexity index is 2770. The van der Waals surface area contributed by atoms with Crippen LogP contribution in [-0.2, 0) is 31.7 Å². The van der Waals surface area contributed by atoms with Crippen LogP contribution in [0.25, 0.3) is 55.8 Å². The zero-order valence-electron chi connectivity index (χ0n) is 38.9. The molecular weight excluding hydrogens is 759 g/mol.